The summed E-state index contributed by atoms with van der Waals surface area (Å²) in [4.78, 5) is 7.40. The fourth-order valence-electron chi connectivity index (χ4n) is 2.49. The van der Waals surface area contributed by atoms with Gasteiger partial charge in [0.25, 0.3) is 0 Å². The molecule has 100 valence electrons. The van der Waals surface area contributed by atoms with Gasteiger partial charge < -0.3 is 10.3 Å². The molecule has 2 N–H and O–H groups in total. The van der Waals surface area contributed by atoms with E-state index in [1.807, 2.05) is 0 Å². The standard InChI is InChI=1S/C14H15F2N3/c15-10-4-9(5-11(16)6-10)13-8-18-14(19-13)7-12-2-1-3-17-12/h4-6,8,12,17H,1-3,7H2,(H,18,19). The van der Waals surface area contributed by atoms with Crippen LogP contribution in [0.15, 0.2) is 24.4 Å². The largest absolute Gasteiger partial charge is 0.342 e. The number of aromatic nitrogens is 2. The molecule has 0 saturated carbocycles. The summed E-state index contributed by atoms with van der Waals surface area (Å²) in [6.07, 6.45) is 4.77. The Hall–Kier alpha value is -1.75. The van der Waals surface area contributed by atoms with Crippen LogP contribution in [0.5, 0.6) is 0 Å². The molecule has 5 heteroatoms. The van der Waals surface area contributed by atoms with Gasteiger partial charge in [-0.2, -0.15) is 0 Å². The molecule has 0 bridgehead atoms. The number of nitrogens with one attached hydrogen (secondary N) is 2. The molecular weight excluding hydrogens is 248 g/mol. The van der Waals surface area contributed by atoms with Crippen LogP contribution < -0.4 is 5.32 Å². The van der Waals surface area contributed by atoms with Gasteiger partial charge in [-0.15, -0.1) is 0 Å². The highest BCUT2D eigenvalue weighted by Gasteiger charge is 2.16. The molecular formula is C14H15F2N3. The second-order valence-electron chi connectivity index (χ2n) is 4.90. The Morgan fingerprint density at radius 2 is 2.00 bits per heavy atom. The van der Waals surface area contributed by atoms with Gasteiger partial charge >= 0.3 is 0 Å². The minimum Gasteiger partial charge on any atom is -0.342 e. The number of halogens is 2. The van der Waals surface area contributed by atoms with E-state index in [0.717, 1.165) is 31.3 Å². The van der Waals surface area contributed by atoms with Crippen molar-refractivity contribution < 1.29 is 8.78 Å². The van der Waals surface area contributed by atoms with Crippen LogP contribution in [0.1, 0.15) is 18.7 Å². The van der Waals surface area contributed by atoms with Gasteiger partial charge in [0, 0.05) is 24.1 Å². The minimum atomic E-state index is -0.580. The van der Waals surface area contributed by atoms with Crippen LogP contribution in [0.25, 0.3) is 11.3 Å². The van der Waals surface area contributed by atoms with Crippen LogP contribution >= 0.6 is 0 Å². The molecule has 2 aromatic rings. The molecule has 1 unspecified atom stereocenters. The van der Waals surface area contributed by atoms with Crippen LogP contribution in [-0.4, -0.2) is 22.6 Å². The number of nitrogens with zero attached hydrogens (tertiary/aromatic N) is 1. The van der Waals surface area contributed by atoms with Gasteiger partial charge in [0.2, 0.25) is 0 Å². The summed E-state index contributed by atoms with van der Waals surface area (Å²) in [5.74, 6) is -0.314. The lowest BCUT2D eigenvalue weighted by atomic mass is 10.1. The van der Waals surface area contributed by atoms with Crippen molar-refractivity contribution in [3.05, 3.63) is 41.9 Å². The van der Waals surface area contributed by atoms with Crippen LogP contribution in [0.4, 0.5) is 8.78 Å². The zero-order chi connectivity index (χ0) is 13.2. The molecule has 0 aliphatic carbocycles. The summed E-state index contributed by atoms with van der Waals surface area (Å²) in [5.41, 5.74) is 1.13. The number of benzene rings is 1. The molecule has 1 aromatic carbocycles. The van der Waals surface area contributed by atoms with Gasteiger partial charge in [0.15, 0.2) is 0 Å². The van der Waals surface area contributed by atoms with Crippen molar-refractivity contribution in [2.45, 2.75) is 25.3 Å². The minimum absolute atomic E-state index is 0.447. The summed E-state index contributed by atoms with van der Waals surface area (Å²) in [7, 11) is 0. The number of H-pyrrole nitrogens is 1. The molecule has 19 heavy (non-hydrogen) atoms. The monoisotopic (exact) mass is 263 g/mol. The highest BCUT2D eigenvalue weighted by atomic mass is 19.1. The molecule has 1 aliphatic rings. The predicted molar refractivity (Wildman–Crippen MR) is 68.7 cm³/mol. The van der Waals surface area contributed by atoms with E-state index in [-0.39, 0.29) is 0 Å². The highest BCUT2D eigenvalue weighted by Crippen LogP contribution is 2.20. The summed E-state index contributed by atoms with van der Waals surface area (Å²) in [6.45, 7) is 1.05. The van der Waals surface area contributed by atoms with Crippen LogP contribution in [0.2, 0.25) is 0 Å². The molecule has 2 heterocycles. The molecule has 3 rings (SSSR count). The van der Waals surface area contributed by atoms with Gasteiger partial charge in [-0.05, 0) is 31.5 Å². The van der Waals surface area contributed by atoms with E-state index in [1.165, 1.54) is 18.6 Å². The molecule has 1 aliphatic heterocycles. The highest BCUT2D eigenvalue weighted by molar-refractivity contribution is 5.58. The van der Waals surface area contributed by atoms with Crippen molar-refractivity contribution in [2.75, 3.05) is 6.54 Å². The lowest BCUT2D eigenvalue weighted by molar-refractivity contribution is 0.583. The molecule has 1 atom stereocenters. The zero-order valence-electron chi connectivity index (χ0n) is 10.4. The average molecular weight is 263 g/mol. The summed E-state index contributed by atoms with van der Waals surface area (Å²) in [6, 6.07) is 3.91. The Balaban J connectivity index is 1.79. The van der Waals surface area contributed by atoms with Crippen molar-refractivity contribution in [1.29, 1.82) is 0 Å². The lowest BCUT2D eigenvalue weighted by Gasteiger charge is -2.06. The van der Waals surface area contributed by atoms with Crippen molar-refractivity contribution in [3.63, 3.8) is 0 Å². The quantitative estimate of drug-likeness (QED) is 0.893. The first-order valence-electron chi connectivity index (χ1n) is 6.44. The Labute approximate surface area is 110 Å². The Kier molecular flexibility index (Phi) is 3.29. The van der Waals surface area contributed by atoms with Gasteiger partial charge in [-0.1, -0.05) is 0 Å². The first-order valence-corrected chi connectivity index (χ1v) is 6.44. The van der Waals surface area contributed by atoms with E-state index in [0.29, 0.717) is 17.3 Å². The fourth-order valence-corrected chi connectivity index (χ4v) is 2.49. The maximum atomic E-state index is 13.2. The van der Waals surface area contributed by atoms with E-state index in [1.54, 1.807) is 6.20 Å². The zero-order valence-corrected chi connectivity index (χ0v) is 10.4. The summed E-state index contributed by atoms with van der Waals surface area (Å²) in [5, 5.41) is 3.39. The van der Waals surface area contributed by atoms with E-state index in [4.69, 9.17) is 0 Å². The van der Waals surface area contributed by atoms with Crippen molar-refractivity contribution in [2.24, 2.45) is 0 Å². The average Bonchev–Trinajstić information content (AvgIpc) is 2.99. The summed E-state index contributed by atoms with van der Waals surface area (Å²) >= 11 is 0. The van der Waals surface area contributed by atoms with Gasteiger partial charge in [-0.25, -0.2) is 13.8 Å². The number of hydrogen-bond acceptors (Lipinski definition) is 2. The number of aromatic amines is 1. The molecule has 1 saturated heterocycles. The van der Waals surface area contributed by atoms with Crippen LogP contribution in [-0.2, 0) is 6.42 Å². The first-order chi connectivity index (χ1) is 9.20. The number of hydrogen-bond donors (Lipinski definition) is 2. The Morgan fingerprint density at radius 1 is 1.21 bits per heavy atom. The van der Waals surface area contributed by atoms with Crippen molar-refractivity contribution in [3.8, 4) is 11.3 Å². The van der Waals surface area contributed by atoms with E-state index in [2.05, 4.69) is 15.3 Å². The molecule has 0 radical (unpaired) electrons. The van der Waals surface area contributed by atoms with Gasteiger partial charge in [0.1, 0.15) is 17.5 Å². The molecule has 0 spiro atoms. The molecule has 3 nitrogen and oxygen atoms in total. The SMILES string of the molecule is Fc1cc(F)cc(-c2cnc(CC3CCCN3)[nH]2)c1. The van der Waals surface area contributed by atoms with E-state index < -0.39 is 11.6 Å². The fraction of sp³-hybridized carbons (Fsp3) is 0.357. The normalized spacial score (nSPS) is 18.9. The molecule has 0 amide bonds. The van der Waals surface area contributed by atoms with Crippen LogP contribution in [0.3, 0.4) is 0 Å². The maximum Gasteiger partial charge on any atom is 0.126 e. The topological polar surface area (TPSA) is 40.7 Å². The van der Waals surface area contributed by atoms with E-state index in [9.17, 15) is 8.78 Å². The third-order valence-electron chi connectivity index (χ3n) is 3.40. The third-order valence-corrected chi connectivity index (χ3v) is 3.40. The third kappa shape index (κ3) is 2.81. The number of rotatable bonds is 3. The van der Waals surface area contributed by atoms with Gasteiger partial charge in [-0.3, -0.25) is 0 Å². The van der Waals surface area contributed by atoms with Crippen LogP contribution in [0, 0.1) is 11.6 Å². The van der Waals surface area contributed by atoms with E-state index >= 15 is 0 Å². The van der Waals surface area contributed by atoms with Crippen molar-refractivity contribution in [1.82, 2.24) is 15.3 Å². The second kappa shape index (κ2) is 5.09. The lowest BCUT2D eigenvalue weighted by Crippen LogP contribution is -2.24. The number of imidazole rings is 1. The van der Waals surface area contributed by atoms with Gasteiger partial charge in [0.05, 0.1) is 11.9 Å². The summed E-state index contributed by atoms with van der Waals surface area (Å²) < 4.78 is 26.3. The molecule has 1 fully saturated rings. The second-order valence-corrected chi connectivity index (χ2v) is 4.90. The predicted octanol–water partition coefficient (Wildman–Crippen LogP) is 2.65. The van der Waals surface area contributed by atoms with Crippen molar-refractivity contribution >= 4 is 0 Å². The molecule has 1 aromatic heterocycles. The Morgan fingerprint density at radius 3 is 2.68 bits per heavy atom. The smallest absolute Gasteiger partial charge is 0.126 e. The maximum absolute atomic E-state index is 13.2. The Bertz CT molecular complexity index is 554. The first kappa shape index (κ1) is 12.3.